The highest BCUT2D eigenvalue weighted by Crippen LogP contribution is 2.10. The summed E-state index contributed by atoms with van der Waals surface area (Å²) in [5, 5.41) is 4.93. The number of fused-ring (bicyclic) bond motifs is 1. The lowest BCUT2D eigenvalue weighted by atomic mass is 10.2. The highest BCUT2D eigenvalue weighted by Gasteiger charge is 2.05. The van der Waals surface area contributed by atoms with Crippen molar-refractivity contribution in [2.45, 2.75) is 6.54 Å². The molecular formula is C19H18N4O2. The molecule has 6 heteroatoms. The molecule has 0 atom stereocenters. The summed E-state index contributed by atoms with van der Waals surface area (Å²) in [6.07, 6.45) is 4.72. The van der Waals surface area contributed by atoms with Gasteiger partial charge in [-0.2, -0.15) is 0 Å². The number of amides is 3. The average Bonchev–Trinajstić information content (AvgIpc) is 3.04. The van der Waals surface area contributed by atoms with Crippen LogP contribution in [-0.2, 0) is 11.3 Å². The molecule has 2 aromatic carbocycles. The van der Waals surface area contributed by atoms with Crippen LogP contribution in [0, 0.1) is 0 Å². The number of aromatic nitrogens is 2. The maximum absolute atomic E-state index is 11.8. The zero-order chi connectivity index (χ0) is 17.5. The number of rotatable bonds is 5. The Kier molecular flexibility index (Phi) is 5.21. The molecule has 3 aromatic rings. The van der Waals surface area contributed by atoms with Crippen molar-refractivity contribution >= 4 is 29.0 Å². The predicted octanol–water partition coefficient (Wildman–Crippen LogP) is 2.58. The van der Waals surface area contributed by atoms with Gasteiger partial charge in [0.2, 0.25) is 0 Å². The van der Waals surface area contributed by atoms with E-state index in [9.17, 15) is 9.59 Å². The molecule has 3 rings (SSSR count). The van der Waals surface area contributed by atoms with Crippen molar-refractivity contribution in [3.63, 3.8) is 0 Å². The number of benzene rings is 2. The molecule has 126 valence electrons. The third kappa shape index (κ3) is 4.54. The molecular weight excluding hydrogens is 316 g/mol. The van der Waals surface area contributed by atoms with Gasteiger partial charge in [-0.15, -0.1) is 0 Å². The van der Waals surface area contributed by atoms with Crippen LogP contribution >= 0.6 is 0 Å². The SMILES string of the molecule is O=C(/C=C/c1ccccc1)NC(=O)NCCn1cnc2ccccc21. The van der Waals surface area contributed by atoms with Crippen LogP contribution in [-0.4, -0.2) is 28.0 Å². The first-order valence-corrected chi connectivity index (χ1v) is 7.94. The summed E-state index contributed by atoms with van der Waals surface area (Å²) < 4.78 is 1.95. The number of hydrogen-bond acceptors (Lipinski definition) is 3. The summed E-state index contributed by atoms with van der Waals surface area (Å²) in [6, 6.07) is 16.7. The first-order chi connectivity index (χ1) is 12.2. The van der Waals surface area contributed by atoms with Gasteiger partial charge in [0.15, 0.2) is 0 Å². The first-order valence-electron chi connectivity index (χ1n) is 7.94. The molecule has 0 saturated carbocycles. The zero-order valence-corrected chi connectivity index (χ0v) is 13.6. The van der Waals surface area contributed by atoms with Crippen LogP contribution < -0.4 is 10.6 Å². The Labute approximate surface area is 145 Å². The van der Waals surface area contributed by atoms with Gasteiger partial charge in [0.05, 0.1) is 17.4 Å². The van der Waals surface area contributed by atoms with Crippen LogP contribution in [0.2, 0.25) is 0 Å². The second-order valence-corrected chi connectivity index (χ2v) is 5.42. The number of para-hydroxylation sites is 2. The van der Waals surface area contributed by atoms with E-state index in [1.54, 1.807) is 12.4 Å². The topological polar surface area (TPSA) is 76.0 Å². The van der Waals surface area contributed by atoms with Crippen molar-refractivity contribution < 1.29 is 9.59 Å². The lowest BCUT2D eigenvalue weighted by Gasteiger charge is -2.07. The Morgan fingerprint density at radius 3 is 2.64 bits per heavy atom. The van der Waals surface area contributed by atoms with Gasteiger partial charge in [-0.05, 0) is 23.8 Å². The number of nitrogens with one attached hydrogen (secondary N) is 2. The van der Waals surface area contributed by atoms with Gasteiger partial charge in [-0.1, -0.05) is 42.5 Å². The monoisotopic (exact) mass is 334 g/mol. The fourth-order valence-electron chi connectivity index (χ4n) is 2.41. The highest BCUT2D eigenvalue weighted by molar-refractivity contribution is 6.02. The third-order valence-corrected chi connectivity index (χ3v) is 3.63. The van der Waals surface area contributed by atoms with Gasteiger partial charge < -0.3 is 9.88 Å². The predicted molar refractivity (Wildman–Crippen MR) is 96.8 cm³/mol. The van der Waals surface area contributed by atoms with E-state index >= 15 is 0 Å². The maximum Gasteiger partial charge on any atom is 0.321 e. The number of nitrogens with zero attached hydrogens (tertiary/aromatic N) is 2. The lowest BCUT2D eigenvalue weighted by molar-refractivity contribution is -0.115. The fourth-order valence-corrected chi connectivity index (χ4v) is 2.41. The second kappa shape index (κ2) is 7.92. The van der Waals surface area contributed by atoms with E-state index in [0.717, 1.165) is 16.6 Å². The summed E-state index contributed by atoms with van der Waals surface area (Å²) in [7, 11) is 0. The van der Waals surface area contributed by atoms with Crippen LogP contribution in [0.25, 0.3) is 17.1 Å². The summed E-state index contributed by atoms with van der Waals surface area (Å²) >= 11 is 0. The molecule has 0 saturated heterocycles. The lowest BCUT2D eigenvalue weighted by Crippen LogP contribution is -2.39. The number of carbonyl (C=O) groups excluding carboxylic acids is 2. The van der Waals surface area contributed by atoms with Crippen LogP contribution in [0.5, 0.6) is 0 Å². The zero-order valence-electron chi connectivity index (χ0n) is 13.6. The van der Waals surface area contributed by atoms with E-state index in [1.165, 1.54) is 6.08 Å². The Balaban J connectivity index is 1.45. The highest BCUT2D eigenvalue weighted by atomic mass is 16.2. The van der Waals surface area contributed by atoms with Crippen LogP contribution in [0.3, 0.4) is 0 Å². The van der Waals surface area contributed by atoms with Crippen molar-refractivity contribution in [3.8, 4) is 0 Å². The van der Waals surface area contributed by atoms with E-state index in [2.05, 4.69) is 15.6 Å². The molecule has 0 fully saturated rings. The minimum atomic E-state index is -0.521. The minimum Gasteiger partial charge on any atom is -0.336 e. The van der Waals surface area contributed by atoms with E-state index < -0.39 is 11.9 Å². The molecule has 25 heavy (non-hydrogen) atoms. The van der Waals surface area contributed by atoms with Gasteiger partial charge >= 0.3 is 6.03 Å². The van der Waals surface area contributed by atoms with Gasteiger partial charge in [-0.3, -0.25) is 10.1 Å². The van der Waals surface area contributed by atoms with Crippen molar-refractivity contribution in [3.05, 3.63) is 72.6 Å². The van der Waals surface area contributed by atoms with Gasteiger partial charge in [0, 0.05) is 19.2 Å². The maximum atomic E-state index is 11.8. The number of carbonyl (C=O) groups is 2. The van der Waals surface area contributed by atoms with Crippen LogP contribution in [0.15, 0.2) is 67.0 Å². The van der Waals surface area contributed by atoms with E-state index in [-0.39, 0.29) is 0 Å². The van der Waals surface area contributed by atoms with Gasteiger partial charge in [0.1, 0.15) is 0 Å². The Hall–Kier alpha value is -3.41. The number of urea groups is 1. The van der Waals surface area contributed by atoms with Crippen LogP contribution in [0.1, 0.15) is 5.56 Å². The van der Waals surface area contributed by atoms with Crippen molar-refractivity contribution in [2.75, 3.05) is 6.54 Å². The Morgan fingerprint density at radius 1 is 1.04 bits per heavy atom. The molecule has 0 aliphatic heterocycles. The van der Waals surface area contributed by atoms with E-state index in [1.807, 2.05) is 59.2 Å². The van der Waals surface area contributed by atoms with E-state index in [4.69, 9.17) is 0 Å². The fraction of sp³-hybridized carbons (Fsp3) is 0.105. The minimum absolute atomic E-state index is 0.391. The van der Waals surface area contributed by atoms with Crippen molar-refractivity contribution in [2.24, 2.45) is 0 Å². The van der Waals surface area contributed by atoms with Gasteiger partial charge in [0.25, 0.3) is 5.91 Å². The molecule has 0 unspecified atom stereocenters. The second-order valence-electron chi connectivity index (χ2n) is 5.42. The molecule has 6 nitrogen and oxygen atoms in total. The molecule has 0 spiro atoms. The Morgan fingerprint density at radius 2 is 1.80 bits per heavy atom. The quantitative estimate of drug-likeness (QED) is 0.704. The van der Waals surface area contributed by atoms with E-state index in [0.29, 0.717) is 13.1 Å². The molecule has 0 bridgehead atoms. The average molecular weight is 334 g/mol. The Bertz CT molecular complexity index is 900. The smallest absolute Gasteiger partial charge is 0.321 e. The number of imidazole rings is 1. The summed E-state index contributed by atoms with van der Waals surface area (Å²) in [6.45, 7) is 0.962. The summed E-state index contributed by atoms with van der Waals surface area (Å²) in [5.74, 6) is -0.463. The molecule has 1 aromatic heterocycles. The number of imide groups is 1. The normalized spacial score (nSPS) is 10.9. The molecule has 2 N–H and O–H groups in total. The number of hydrogen-bond donors (Lipinski definition) is 2. The molecule has 0 radical (unpaired) electrons. The standard InChI is InChI=1S/C19H18N4O2/c24-18(11-10-15-6-2-1-3-7-15)22-19(25)20-12-13-23-14-21-16-8-4-5-9-17(16)23/h1-11,14H,12-13H2,(H2,20,22,24,25)/b11-10+. The first kappa shape index (κ1) is 16.4. The van der Waals surface area contributed by atoms with Crippen molar-refractivity contribution in [1.29, 1.82) is 0 Å². The van der Waals surface area contributed by atoms with Crippen molar-refractivity contribution in [1.82, 2.24) is 20.2 Å². The molecule has 3 amide bonds. The largest absolute Gasteiger partial charge is 0.336 e. The third-order valence-electron chi connectivity index (χ3n) is 3.63. The van der Waals surface area contributed by atoms with Crippen LogP contribution in [0.4, 0.5) is 4.79 Å². The summed E-state index contributed by atoms with van der Waals surface area (Å²) in [5.41, 5.74) is 2.81. The molecule has 0 aliphatic rings. The van der Waals surface area contributed by atoms with Gasteiger partial charge in [-0.25, -0.2) is 9.78 Å². The molecule has 0 aliphatic carbocycles. The summed E-state index contributed by atoms with van der Waals surface area (Å²) in [4.78, 5) is 27.8. The molecule has 1 heterocycles.